The summed E-state index contributed by atoms with van der Waals surface area (Å²) in [6.07, 6.45) is 22.6. The molecule has 0 aromatic rings. The standard InChI is InChI=1S/C22H37NO3S/c1-2-3-4-12-15-18-19(26-18)16-13-10-8-6-5-7-9-11-14-17-20-21(24)23-22(25)27-20/h5-6,18-20H,2-4,7-17H2,1H3,(H,23,24,25). The lowest BCUT2D eigenvalue weighted by Crippen LogP contribution is -2.23. The molecule has 5 heteroatoms. The van der Waals surface area contributed by atoms with Crippen LogP contribution in [0.25, 0.3) is 0 Å². The molecule has 1 N–H and O–H groups in total. The monoisotopic (exact) mass is 395 g/mol. The van der Waals surface area contributed by atoms with Gasteiger partial charge in [0, 0.05) is 0 Å². The van der Waals surface area contributed by atoms with Gasteiger partial charge in [0.1, 0.15) is 0 Å². The summed E-state index contributed by atoms with van der Waals surface area (Å²) >= 11 is 1.14. The van der Waals surface area contributed by atoms with Gasteiger partial charge in [0.25, 0.3) is 5.24 Å². The van der Waals surface area contributed by atoms with Crippen LogP contribution in [0.1, 0.15) is 96.8 Å². The molecule has 0 saturated carbocycles. The maximum absolute atomic E-state index is 11.4. The van der Waals surface area contributed by atoms with E-state index in [4.69, 9.17) is 4.74 Å². The second-order valence-electron chi connectivity index (χ2n) is 7.84. The maximum atomic E-state index is 11.4. The first-order chi connectivity index (χ1) is 13.2. The average molecular weight is 396 g/mol. The number of carbonyl (C=O) groups excluding carboxylic acids is 2. The molecule has 2 aliphatic rings. The van der Waals surface area contributed by atoms with Gasteiger partial charge in [0.2, 0.25) is 5.91 Å². The lowest BCUT2D eigenvalue weighted by atomic mass is 10.1. The van der Waals surface area contributed by atoms with Gasteiger partial charge in [-0.05, 0) is 44.9 Å². The van der Waals surface area contributed by atoms with E-state index in [0.717, 1.165) is 37.4 Å². The molecule has 2 saturated heterocycles. The molecule has 0 radical (unpaired) electrons. The van der Waals surface area contributed by atoms with Crippen molar-refractivity contribution in [3.8, 4) is 0 Å². The molecule has 0 aromatic carbocycles. The first-order valence-electron chi connectivity index (χ1n) is 11.0. The zero-order chi connectivity index (χ0) is 19.3. The van der Waals surface area contributed by atoms with Crippen LogP contribution in [-0.4, -0.2) is 28.6 Å². The topological polar surface area (TPSA) is 58.7 Å². The van der Waals surface area contributed by atoms with Crippen LogP contribution < -0.4 is 5.32 Å². The SMILES string of the molecule is CCCCCCC1OC1CCCCC=CCCCCCC1SC(=O)NC1=O. The number of hydrogen-bond donors (Lipinski definition) is 1. The Balaban J connectivity index is 1.32. The Hall–Kier alpha value is -0.810. The lowest BCUT2D eigenvalue weighted by Gasteiger charge is -2.03. The van der Waals surface area contributed by atoms with Gasteiger partial charge in [-0.2, -0.15) is 0 Å². The van der Waals surface area contributed by atoms with Gasteiger partial charge in [0.05, 0.1) is 17.5 Å². The molecule has 2 rings (SSSR count). The van der Waals surface area contributed by atoms with Crippen LogP contribution in [0, 0.1) is 0 Å². The van der Waals surface area contributed by atoms with Crippen LogP contribution in [0.15, 0.2) is 12.2 Å². The normalized spacial score (nSPS) is 24.7. The van der Waals surface area contributed by atoms with Crippen molar-refractivity contribution < 1.29 is 14.3 Å². The largest absolute Gasteiger partial charge is 0.370 e. The van der Waals surface area contributed by atoms with Crippen molar-refractivity contribution in [1.82, 2.24) is 5.32 Å². The number of unbranched alkanes of at least 4 members (excludes halogenated alkanes) is 8. The zero-order valence-corrected chi connectivity index (χ0v) is 17.7. The predicted molar refractivity (Wildman–Crippen MR) is 113 cm³/mol. The number of imide groups is 1. The van der Waals surface area contributed by atoms with Gasteiger partial charge in [-0.15, -0.1) is 0 Å². The highest BCUT2D eigenvalue weighted by molar-refractivity contribution is 8.15. The number of epoxide rings is 1. The number of amides is 2. The summed E-state index contributed by atoms with van der Waals surface area (Å²) in [7, 11) is 0. The molecular weight excluding hydrogens is 358 g/mol. The fourth-order valence-corrected chi connectivity index (χ4v) is 4.52. The third kappa shape index (κ3) is 9.79. The Morgan fingerprint density at radius 3 is 2.07 bits per heavy atom. The molecule has 0 spiro atoms. The van der Waals surface area contributed by atoms with E-state index in [1.165, 1.54) is 64.2 Å². The van der Waals surface area contributed by atoms with E-state index in [1.807, 2.05) is 0 Å². The molecule has 2 aliphatic heterocycles. The molecule has 2 heterocycles. The molecule has 2 fully saturated rings. The van der Waals surface area contributed by atoms with Gasteiger partial charge >= 0.3 is 0 Å². The second kappa shape index (κ2) is 13.4. The second-order valence-corrected chi connectivity index (χ2v) is 9.01. The molecule has 3 atom stereocenters. The summed E-state index contributed by atoms with van der Waals surface area (Å²) in [6.45, 7) is 2.26. The van der Waals surface area contributed by atoms with Crippen molar-refractivity contribution in [2.75, 3.05) is 0 Å². The lowest BCUT2D eigenvalue weighted by molar-refractivity contribution is -0.119. The van der Waals surface area contributed by atoms with Gasteiger partial charge in [0.15, 0.2) is 0 Å². The first-order valence-corrected chi connectivity index (χ1v) is 11.9. The van der Waals surface area contributed by atoms with Crippen LogP contribution in [0.2, 0.25) is 0 Å². The van der Waals surface area contributed by atoms with Gasteiger partial charge in [-0.3, -0.25) is 14.9 Å². The molecule has 0 bridgehead atoms. The average Bonchev–Trinajstić information content (AvgIpc) is 3.32. The molecule has 0 aromatic heterocycles. The van der Waals surface area contributed by atoms with Crippen molar-refractivity contribution in [2.24, 2.45) is 0 Å². The molecular formula is C22H37NO3S. The van der Waals surface area contributed by atoms with E-state index < -0.39 is 0 Å². The molecule has 154 valence electrons. The Kier molecular flexibility index (Phi) is 11.1. The van der Waals surface area contributed by atoms with E-state index >= 15 is 0 Å². The zero-order valence-electron chi connectivity index (χ0n) is 16.9. The number of hydrogen-bond acceptors (Lipinski definition) is 4. The smallest absolute Gasteiger partial charge is 0.286 e. The first kappa shape index (κ1) is 22.5. The van der Waals surface area contributed by atoms with Crippen molar-refractivity contribution in [3.05, 3.63) is 12.2 Å². The number of carbonyl (C=O) groups is 2. The maximum Gasteiger partial charge on any atom is 0.286 e. The van der Waals surface area contributed by atoms with Gasteiger partial charge < -0.3 is 4.74 Å². The fraction of sp³-hybridized carbons (Fsp3) is 0.818. The van der Waals surface area contributed by atoms with Crippen LogP contribution >= 0.6 is 11.8 Å². The van der Waals surface area contributed by atoms with Crippen LogP contribution in [-0.2, 0) is 9.53 Å². The summed E-state index contributed by atoms with van der Waals surface area (Å²) in [4.78, 5) is 22.5. The number of nitrogens with one attached hydrogen (secondary N) is 1. The van der Waals surface area contributed by atoms with Crippen molar-refractivity contribution in [2.45, 2.75) is 114 Å². The number of thioether (sulfide) groups is 1. The molecule has 27 heavy (non-hydrogen) atoms. The summed E-state index contributed by atoms with van der Waals surface area (Å²) in [5.74, 6) is -0.107. The highest BCUT2D eigenvalue weighted by Gasteiger charge is 2.36. The minimum atomic E-state index is -0.191. The van der Waals surface area contributed by atoms with Gasteiger partial charge in [-0.25, -0.2) is 0 Å². The van der Waals surface area contributed by atoms with E-state index in [0.29, 0.717) is 12.2 Å². The molecule has 3 unspecified atom stereocenters. The van der Waals surface area contributed by atoms with E-state index in [9.17, 15) is 9.59 Å². The summed E-state index contributed by atoms with van der Waals surface area (Å²) < 4.78 is 5.77. The highest BCUT2D eigenvalue weighted by Crippen LogP contribution is 2.31. The summed E-state index contributed by atoms with van der Waals surface area (Å²) in [6, 6.07) is 0. The Morgan fingerprint density at radius 1 is 0.852 bits per heavy atom. The quantitative estimate of drug-likeness (QED) is 0.194. The Morgan fingerprint density at radius 2 is 1.44 bits per heavy atom. The van der Waals surface area contributed by atoms with Gasteiger partial charge in [-0.1, -0.05) is 75.8 Å². The van der Waals surface area contributed by atoms with E-state index in [2.05, 4.69) is 24.4 Å². The molecule has 4 nitrogen and oxygen atoms in total. The highest BCUT2D eigenvalue weighted by atomic mass is 32.2. The Labute approximate surface area is 169 Å². The molecule has 0 aliphatic carbocycles. The number of ether oxygens (including phenoxy) is 1. The Bertz CT molecular complexity index is 480. The van der Waals surface area contributed by atoms with Crippen LogP contribution in [0.3, 0.4) is 0 Å². The van der Waals surface area contributed by atoms with Crippen LogP contribution in [0.5, 0.6) is 0 Å². The van der Waals surface area contributed by atoms with E-state index in [-0.39, 0.29) is 16.4 Å². The van der Waals surface area contributed by atoms with Crippen molar-refractivity contribution in [3.63, 3.8) is 0 Å². The van der Waals surface area contributed by atoms with Crippen LogP contribution in [0.4, 0.5) is 4.79 Å². The van der Waals surface area contributed by atoms with E-state index in [1.54, 1.807) is 0 Å². The fourth-order valence-electron chi connectivity index (χ4n) is 3.65. The van der Waals surface area contributed by atoms with Crippen molar-refractivity contribution >= 4 is 22.9 Å². The number of rotatable bonds is 16. The van der Waals surface area contributed by atoms with Crippen molar-refractivity contribution in [1.29, 1.82) is 0 Å². The summed E-state index contributed by atoms with van der Waals surface area (Å²) in [5.41, 5.74) is 0. The predicted octanol–water partition coefficient (Wildman–Crippen LogP) is 6.14. The third-order valence-corrected chi connectivity index (χ3v) is 6.46. The minimum absolute atomic E-state index is 0.107. The minimum Gasteiger partial charge on any atom is -0.370 e. The third-order valence-electron chi connectivity index (χ3n) is 5.41. The summed E-state index contributed by atoms with van der Waals surface area (Å²) in [5, 5.41) is 2.00. The molecule has 2 amide bonds. The number of allylic oxidation sites excluding steroid dienone is 2.